The van der Waals surface area contributed by atoms with Gasteiger partial charge in [-0.05, 0) is 42.8 Å². The average Bonchev–Trinajstić information content (AvgIpc) is 3.03. The second-order valence-electron chi connectivity index (χ2n) is 5.48. The number of sulfonamides is 1. The number of aryl methyl sites for hydroxylation is 1. The number of nitrogens with one attached hydrogen (secondary N) is 1. The SMILES string of the molecule is Cc1cc(OCC(=O)NCc2ccc(S(=O)(=O)N(C)C)s2)ccc1Cl. The predicted molar refractivity (Wildman–Crippen MR) is 98.7 cm³/mol. The largest absolute Gasteiger partial charge is 0.484 e. The molecule has 0 radical (unpaired) electrons. The van der Waals surface area contributed by atoms with E-state index >= 15 is 0 Å². The first-order valence-electron chi connectivity index (χ1n) is 7.37. The normalized spacial score (nSPS) is 11.6. The first-order valence-corrected chi connectivity index (χ1v) is 10.0. The Hall–Kier alpha value is -1.61. The first-order chi connectivity index (χ1) is 11.7. The van der Waals surface area contributed by atoms with Crippen LogP contribution in [-0.4, -0.2) is 39.3 Å². The van der Waals surface area contributed by atoms with Crippen LogP contribution in [0.5, 0.6) is 5.75 Å². The molecule has 0 saturated heterocycles. The molecule has 136 valence electrons. The summed E-state index contributed by atoms with van der Waals surface area (Å²) in [6.45, 7) is 1.97. The van der Waals surface area contributed by atoms with Gasteiger partial charge in [0, 0.05) is 24.0 Å². The quantitative estimate of drug-likeness (QED) is 0.772. The Balaban J connectivity index is 1.86. The second-order valence-corrected chi connectivity index (χ2v) is 9.44. The van der Waals surface area contributed by atoms with Crippen LogP contribution in [-0.2, 0) is 21.4 Å². The molecule has 9 heteroatoms. The van der Waals surface area contributed by atoms with E-state index in [9.17, 15) is 13.2 Å². The molecular weight excluding hydrogens is 384 g/mol. The standard InChI is InChI=1S/C16H19ClN2O4S2/c1-11-8-12(4-6-14(11)17)23-10-15(20)18-9-13-5-7-16(24-13)25(21,22)19(2)3/h4-8H,9-10H2,1-3H3,(H,18,20). The number of thiophene rings is 1. The summed E-state index contributed by atoms with van der Waals surface area (Å²) in [5, 5.41) is 3.34. The molecule has 1 N–H and O–H groups in total. The molecule has 2 rings (SSSR count). The van der Waals surface area contributed by atoms with Crippen LogP contribution in [0.1, 0.15) is 10.4 Å². The number of nitrogens with zero attached hydrogens (tertiary/aromatic N) is 1. The van der Waals surface area contributed by atoms with Crippen molar-refractivity contribution in [1.82, 2.24) is 9.62 Å². The predicted octanol–water partition coefficient (Wildman–Crippen LogP) is 2.66. The van der Waals surface area contributed by atoms with Crippen LogP contribution in [0.4, 0.5) is 0 Å². The molecule has 1 aromatic carbocycles. The Morgan fingerprint density at radius 2 is 2.00 bits per heavy atom. The molecule has 0 fully saturated rings. The van der Waals surface area contributed by atoms with Crippen molar-refractivity contribution in [2.24, 2.45) is 0 Å². The molecule has 0 unspecified atom stereocenters. The van der Waals surface area contributed by atoms with Crippen LogP contribution in [0, 0.1) is 6.92 Å². The Morgan fingerprint density at radius 1 is 1.28 bits per heavy atom. The molecule has 25 heavy (non-hydrogen) atoms. The van der Waals surface area contributed by atoms with Crippen molar-refractivity contribution in [2.45, 2.75) is 17.7 Å². The van der Waals surface area contributed by atoms with Crippen molar-refractivity contribution < 1.29 is 17.9 Å². The minimum absolute atomic E-state index is 0.130. The van der Waals surface area contributed by atoms with Gasteiger partial charge in [-0.15, -0.1) is 11.3 Å². The fourth-order valence-electron chi connectivity index (χ4n) is 1.86. The van der Waals surface area contributed by atoms with Gasteiger partial charge in [0.1, 0.15) is 9.96 Å². The van der Waals surface area contributed by atoms with Gasteiger partial charge in [-0.25, -0.2) is 12.7 Å². The van der Waals surface area contributed by atoms with Gasteiger partial charge in [-0.1, -0.05) is 11.6 Å². The van der Waals surface area contributed by atoms with E-state index < -0.39 is 10.0 Å². The van der Waals surface area contributed by atoms with E-state index in [0.29, 0.717) is 10.8 Å². The van der Waals surface area contributed by atoms with Crippen molar-refractivity contribution in [2.75, 3.05) is 20.7 Å². The maximum Gasteiger partial charge on any atom is 0.258 e. The van der Waals surface area contributed by atoms with Gasteiger partial charge in [-0.2, -0.15) is 0 Å². The summed E-state index contributed by atoms with van der Waals surface area (Å²) in [7, 11) is -0.488. The van der Waals surface area contributed by atoms with Crippen LogP contribution >= 0.6 is 22.9 Å². The average molecular weight is 403 g/mol. The Morgan fingerprint density at radius 3 is 2.64 bits per heavy atom. The third-order valence-electron chi connectivity index (χ3n) is 3.33. The van der Waals surface area contributed by atoms with E-state index in [2.05, 4.69) is 5.32 Å². The van der Waals surface area contributed by atoms with E-state index in [1.165, 1.54) is 20.2 Å². The summed E-state index contributed by atoms with van der Waals surface area (Å²) < 4.78 is 30.8. The van der Waals surface area contributed by atoms with Gasteiger partial charge < -0.3 is 10.1 Å². The number of ether oxygens (including phenoxy) is 1. The highest BCUT2D eigenvalue weighted by molar-refractivity contribution is 7.91. The molecular formula is C16H19ClN2O4S2. The monoisotopic (exact) mass is 402 g/mol. The van der Waals surface area contributed by atoms with E-state index in [-0.39, 0.29) is 23.3 Å². The molecule has 6 nitrogen and oxygen atoms in total. The number of rotatable bonds is 7. The molecule has 0 spiro atoms. The fourth-order valence-corrected chi connectivity index (χ4v) is 4.45. The molecule has 0 bridgehead atoms. The maximum atomic E-state index is 12.0. The molecule has 2 aromatic rings. The summed E-state index contributed by atoms with van der Waals surface area (Å²) in [6.07, 6.45) is 0. The van der Waals surface area contributed by atoms with Crippen molar-refractivity contribution in [1.29, 1.82) is 0 Å². The lowest BCUT2D eigenvalue weighted by atomic mass is 10.2. The number of halogens is 1. The Labute approximate surface area is 156 Å². The lowest BCUT2D eigenvalue weighted by Crippen LogP contribution is -2.28. The van der Waals surface area contributed by atoms with Gasteiger partial charge in [0.25, 0.3) is 15.9 Å². The van der Waals surface area contributed by atoms with Gasteiger partial charge in [0.05, 0.1) is 6.54 Å². The van der Waals surface area contributed by atoms with E-state index in [1.807, 2.05) is 6.92 Å². The van der Waals surface area contributed by atoms with Crippen molar-refractivity contribution in [3.05, 3.63) is 45.8 Å². The summed E-state index contributed by atoms with van der Waals surface area (Å²) in [5.74, 6) is 0.269. The molecule has 0 atom stereocenters. The molecule has 0 saturated carbocycles. The minimum Gasteiger partial charge on any atom is -0.484 e. The molecule has 0 aliphatic heterocycles. The molecule has 1 aromatic heterocycles. The number of amides is 1. The number of benzene rings is 1. The van der Waals surface area contributed by atoms with Gasteiger partial charge in [-0.3, -0.25) is 4.79 Å². The zero-order valence-electron chi connectivity index (χ0n) is 14.1. The maximum absolute atomic E-state index is 12.0. The van der Waals surface area contributed by atoms with Crippen LogP contribution in [0.15, 0.2) is 34.5 Å². The van der Waals surface area contributed by atoms with Crippen LogP contribution in [0.25, 0.3) is 0 Å². The molecule has 0 aliphatic rings. The van der Waals surface area contributed by atoms with Crippen LogP contribution < -0.4 is 10.1 Å². The number of carbonyl (C=O) groups is 1. The smallest absolute Gasteiger partial charge is 0.258 e. The third kappa shape index (κ3) is 5.18. The zero-order chi connectivity index (χ0) is 18.6. The summed E-state index contributed by atoms with van der Waals surface area (Å²) in [4.78, 5) is 12.6. The van der Waals surface area contributed by atoms with Gasteiger partial charge in [0.2, 0.25) is 0 Å². The molecule has 0 aliphatic carbocycles. The second kappa shape index (κ2) is 8.18. The van der Waals surface area contributed by atoms with Gasteiger partial charge in [0.15, 0.2) is 6.61 Å². The number of carbonyl (C=O) groups excluding carboxylic acids is 1. The first kappa shape index (κ1) is 19.7. The number of hydrogen-bond donors (Lipinski definition) is 1. The lowest BCUT2D eigenvalue weighted by molar-refractivity contribution is -0.123. The fraction of sp³-hybridized carbons (Fsp3) is 0.312. The van der Waals surface area contributed by atoms with E-state index in [4.69, 9.17) is 16.3 Å². The van der Waals surface area contributed by atoms with Crippen molar-refractivity contribution in [3.63, 3.8) is 0 Å². The highest BCUT2D eigenvalue weighted by atomic mass is 35.5. The third-order valence-corrected chi connectivity index (χ3v) is 7.12. The summed E-state index contributed by atoms with van der Waals surface area (Å²) >= 11 is 7.06. The Kier molecular flexibility index (Phi) is 6.45. The Bertz CT molecular complexity index is 863. The van der Waals surface area contributed by atoms with E-state index in [1.54, 1.807) is 24.3 Å². The van der Waals surface area contributed by atoms with Crippen LogP contribution in [0.2, 0.25) is 5.02 Å². The molecule has 1 heterocycles. The van der Waals surface area contributed by atoms with E-state index in [0.717, 1.165) is 26.1 Å². The van der Waals surface area contributed by atoms with Crippen molar-refractivity contribution >= 4 is 38.9 Å². The van der Waals surface area contributed by atoms with Gasteiger partial charge >= 0.3 is 0 Å². The highest BCUT2D eigenvalue weighted by Gasteiger charge is 2.19. The zero-order valence-corrected chi connectivity index (χ0v) is 16.5. The van der Waals surface area contributed by atoms with Crippen LogP contribution in [0.3, 0.4) is 0 Å². The minimum atomic E-state index is -3.44. The lowest BCUT2D eigenvalue weighted by Gasteiger charge is -2.09. The highest BCUT2D eigenvalue weighted by Crippen LogP contribution is 2.23. The summed E-state index contributed by atoms with van der Waals surface area (Å²) in [5.41, 5.74) is 0.868. The number of hydrogen-bond acceptors (Lipinski definition) is 5. The molecule has 1 amide bonds. The summed E-state index contributed by atoms with van der Waals surface area (Å²) in [6, 6.07) is 8.38. The topological polar surface area (TPSA) is 75.7 Å². The van der Waals surface area contributed by atoms with Crippen molar-refractivity contribution in [3.8, 4) is 5.75 Å².